The number of aryl methyl sites for hydroxylation is 2. The van der Waals surface area contributed by atoms with Gasteiger partial charge in [-0.15, -0.1) is 0 Å². The molecule has 2 aliphatic rings. The van der Waals surface area contributed by atoms with E-state index in [4.69, 9.17) is 4.74 Å². The number of Topliss-reactive ketones (excluding diaryl/α,β-unsaturated/α-hetero) is 1. The Morgan fingerprint density at radius 3 is 2.78 bits per heavy atom. The SMILES string of the molecule is Cc1c2c(O[C@H](C)[C@H]3CCC(=O)C3)cc(-c3cnn(C4CCC(C)(F)C4)c3)cc2nn1C. The van der Waals surface area contributed by atoms with Gasteiger partial charge >= 0.3 is 0 Å². The third-order valence-electron chi connectivity index (χ3n) is 7.42. The number of carbonyl (C=O) groups is 1. The van der Waals surface area contributed by atoms with Gasteiger partial charge in [0.05, 0.1) is 29.2 Å². The maximum Gasteiger partial charge on any atom is 0.133 e. The van der Waals surface area contributed by atoms with Gasteiger partial charge in [-0.25, -0.2) is 4.39 Å². The number of hydrogen-bond donors (Lipinski definition) is 0. The first-order valence-electron chi connectivity index (χ1n) is 11.6. The fraction of sp³-hybridized carbons (Fsp3) is 0.560. The van der Waals surface area contributed by atoms with Crippen molar-refractivity contribution in [1.82, 2.24) is 19.6 Å². The van der Waals surface area contributed by atoms with Crippen molar-refractivity contribution in [1.29, 1.82) is 0 Å². The minimum absolute atomic E-state index is 0.0528. The molecule has 2 aromatic heterocycles. The molecule has 2 heterocycles. The zero-order chi connectivity index (χ0) is 22.6. The van der Waals surface area contributed by atoms with Crippen LogP contribution in [0.2, 0.25) is 0 Å². The minimum Gasteiger partial charge on any atom is -0.490 e. The Hall–Kier alpha value is -2.70. The number of nitrogens with zero attached hydrogens (tertiary/aromatic N) is 4. The summed E-state index contributed by atoms with van der Waals surface area (Å²) in [7, 11) is 1.93. The Bertz CT molecular complexity index is 1180. The number of halogens is 1. The average Bonchev–Trinajstić information content (AvgIpc) is 3.50. The summed E-state index contributed by atoms with van der Waals surface area (Å²) in [4.78, 5) is 11.8. The lowest BCUT2D eigenvalue weighted by Crippen LogP contribution is -2.22. The van der Waals surface area contributed by atoms with Gasteiger partial charge in [-0.05, 0) is 57.7 Å². The molecule has 0 aliphatic heterocycles. The van der Waals surface area contributed by atoms with E-state index in [1.165, 1.54) is 0 Å². The van der Waals surface area contributed by atoms with E-state index in [1.54, 1.807) is 6.92 Å². The second kappa shape index (κ2) is 7.71. The van der Waals surface area contributed by atoms with Gasteiger partial charge in [-0.1, -0.05) is 0 Å². The first kappa shape index (κ1) is 21.2. The number of fused-ring (bicyclic) bond motifs is 1. The molecule has 0 amide bonds. The van der Waals surface area contributed by atoms with Crippen LogP contribution in [0.3, 0.4) is 0 Å². The van der Waals surface area contributed by atoms with Crippen LogP contribution < -0.4 is 4.74 Å². The molecule has 1 aromatic carbocycles. The lowest BCUT2D eigenvalue weighted by Gasteiger charge is -2.21. The minimum atomic E-state index is -1.11. The number of alkyl halides is 1. The molecule has 2 fully saturated rings. The molecule has 0 saturated heterocycles. The summed E-state index contributed by atoms with van der Waals surface area (Å²) < 4.78 is 24.6. The van der Waals surface area contributed by atoms with Gasteiger partial charge in [0.2, 0.25) is 0 Å². The molecule has 5 rings (SSSR count). The summed E-state index contributed by atoms with van der Waals surface area (Å²) >= 11 is 0. The predicted molar refractivity (Wildman–Crippen MR) is 122 cm³/mol. The van der Waals surface area contributed by atoms with Crippen LogP contribution in [0.1, 0.15) is 64.1 Å². The van der Waals surface area contributed by atoms with Crippen molar-refractivity contribution in [3.8, 4) is 16.9 Å². The lowest BCUT2D eigenvalue weighted by molar-refractivity contribution is -0.117. The third-order valence-corrected chi connectivity index (χ3v) is 7.42. The molecule has 32 heavy (non-hydrogen) atoms. The maximum atomic E-state index is 14.3. The van der Waals surface area contributed by atoms with Crippen molar-refractivity contribution in [2.24, 2.45) is 13.0 Å². The summed E-state index contributed by atoms with van der Waals surface area (Å²) in [5.74, 6) is 1.36. The molecule has 7 heteroatoms. The fourth-order valence-corrected chi connectivity index (χ4v) is 5.32. The summed E-state index contributed by atoms with van der Waals surface area (Å²) in [6.07, 6.45) is 7.80. The molecular formula is C25H31FN4O2. The largest absolute Gasteiger partial charge is 0.490 e. The Balaban J connectivity index is 1.49. The summed E-state index contributed by atoms with van der Waals surface area (Å²) in [5.41, 5.74) is 2.75. The molecule has 2 saturated carbocycles. The second-order valence-corrected chi connectivity index (χ2v) is 9.96. The van der Waals surface area contributed by atoms with E-state index < -0.39 is 5.67 Å². The maximum absolute atomic E-state index is 14.3. The zero-order valence-electron chi connectivity index (χ0n) is 19.3. The van der Waals surface area contributed by atoms with Crippen molar-refractivity contribution in [2.45, 2.75) is 77.1 Å². The normalized spacial score (nSPS) is 26.8. The third kappa shape index (κ3) is 3.82. The van der Waals surface area contributed by atoms with Crippen LogP contribution in [0.5, 0.6) is 5.75 Å². The average molecular weight is 439 g/mol. The molecule has 0 spiro atoms. The van der Waals surface area contributed by atoms with Crippen LogP contribution >= 0.6 is 0 Å². The van der Waals surface area contributed by atoms with Gasteiger partial charge in [0.1, 0.15) is 17.2 Å². The lowest BCUT2D eigenvalue weighted by atomic mass is 10.0. The summed E-state index contributed by atoms with van der Waals surface area (Å²) in [6.45, 7) is 5.77. The second-order valence-electron chi connectivity index (χ2n) is 9.96. The van der Waals surface area contributed by atoms with Gasteiger partial charge in [0.25, 0.3) is 0 Å². The van der Waals surface area contributed by atoms with E-state index in [1.807, 2.05) is 35.7 Å². The van der Waals surface area contributed by atoms with Crippen LogP contribution in [0, 0.1) is 12.8 Å². The van der Waals surface area contributed by atoms with Crippen LogP contribution in [-0.4, -0.2) is 37.1 Å². The van der Waals surface area contributed by atoms with E-state index in [9.17, 15) is 9.18 Å². The van der Waals surface area contributed by atoms with E-state index in [-0.39, 0.29) is 18.1 Å². The van der Waals surface area contributed by atoms with Crippen molar-refractivity contribution in [3.63, 3.8) is 0 Å². The van der Waals surface area contributed by atoms with Gasteiger partial charge in [-0.3, -0.25) is 14.2 Å². The Kier molecular flexibility index (Phi) is 5.10. The van der Waals surface area contributed by atoms with Crippen LogP contribution in [0.25, 0.3) is 22.0 Å². The number of carbonyl (C=O) groups excluding carboxylic acids is 1. The molecule has 0 N–H and O–H groups in total. The van der Waals surface area contributed by atoms with Gasteiger partial charge in [0, 0.05) is 49.7 Å². The molecule has 6 nitrogen and oxygen atoms in total. The standard InChI is InChI=1S/C25H31FN4O2/c1-15-24-22(28-29(15)4)10-18(11-23(24)32-16(2)17-5-6-21(31)9-17)19-13-27-30(14-19)20-7-8-25(3,26)12-20/h10-11,13-14,16-17,20H,5-9,12H2,1-4H3/t16-,17+,20?,25?/m1/s1. The molecule has 0 radical (unpaired) electrons. The number of aromatic nitrogens is 4. The highest BCUT2D eigenvalue weighted by Crippen LogP contribution is 2.41. The molecular weight excluding hydrogens is 407 g/mol. The Morgan fingerprint density at radius 2 is 2.09 bits per heavy atom. The number of benzene rings is 1. The van der Waals surface area contributed by atoms with E-state index in [2.05, 4.69) is 29.3 Å². The van der Waals surface area contributed by atoms with Crippen LogP contribution in [-0.2, 0) is 11.8 Å². The van der Waals surface area contributed by atoms with Gasteiger partial charge in [0.15, 0.2) is 0 Å². The monoisotopic (exact) mass is 438 g/mol. The fourth-order valence-electron chi connectivity index (χ4n) is 5.32. The Morgan fingerprint density at radius 1 is 1.28 bits per heavy atom. The highest BCUT2D eigenvalue weighted by atomic mass is 19.1. The quantitative estimate of drug-likeness (QED) is 0.540. The highest BCUT2D eigenvalue weighted by Gasteiger charge is 2.36. The smallest absolute Gasteiger partial charge is 0.133 e. The highest BCUT2D eigenvalue weighted by molar-refractivity contribution is 5.92. The first-order chi connectivity index (χ1) is 15.2. The van der Waals surface area contributed by atoms with Crippen molar-refractivity contribution in [3.05, 3.63) is 30.2 Å². The van der Waals surface area contributed by atoms with Crippen molar-refractivity contribution >= 4 is 16.7 Å². The summed E-state index contributed by atoms with van der Waals surface area (Å²) in [6, 6.07) is 4.21. The number of ketones is 1. The predicted octanol–water partition coefficient (Wildman–Crippen LogP) is 5.33. The van der Waals surface area contributed by atoms with Crippen molar-refractivity contribution < 1.29 is 13.9 Å². The topological polar surface area (TPSA) is 61.9 Å². The number of rotatable bonds is 5. The van der Waals surface area contributed by atoms with Gasteiger partial charge < -0.3 is 4.74 Å². The van der Waals surface area contributed by atoms with E-state index >= 15 is 0 Å². The van der Waals surface area contributed by atoms with Gasteiger partial charge in [-0.2, -0.15) is 10.2 Å². The molecule has 4 atom stereocenters. The van der Waals surface area contributed by atoms with Crippen LogP contribution in [0.15, 0.2) is 24.5 Å². The van der Waals surface area contributed by atoms with Crippen molar-refractivity contribution in [2.75, 3.05) is 0 Å². The Labute approximate surface area is 187 Å². The first-order valence-corrected chi connectivity index (χ1v) is 11.6. The zero-order valence-corrected chi connectivity index (χ0v) is 19.3. The number of hydrogen-bond acceptors (Lipinski definition) is 4. The van der Waals surface area contributed by atoms with E-state index in [0.29, 0.717) is 31.5 Å². The molecule has 2 aliphatic carbocycles. The molecule has 2 unspecified atom stereocenters. The molecule has 3 aromatic rings. The van der Waals surface area contributed by atoms with E-state index in [0.717, 1.165) is 46.3 Å². The molecule has 170 valence electrons. The summed E-state index contributed by atoms with van der Waals surface area (Å²) in [5, 5.41) is 10.2. The van der Waals surface area contributed by atoms with Crippen LogP contribution in [0.4, 0.5) is 4.39 Å². The number of ether oxygens (including phenoxy) is 1. The molecule has 0 bridgehead atoms.